The first-order valence-corrected chi connectivity index (χ1v) is 29.7. The largest absolute Gasteiger partial charge is 0.495 e. The minimum absolute atomic E-state index is 0.0681. The number of nitrogens with zero attached hydrogens (tertiary/aromatic N) is 8. The van der Waals surface area contributed by atoms with Gasteiger partial charge in [0.05, 0.1) is 54.8 Å². The lowest BCUT2D eigenvalue weighted by atomic mass is 9.71. The van der Waals surface area contributed by atoms with Gasteiger partial charge in [-0.05, 0) is 124 Å². The minimum Gasteiger partial charge on any atom is -0.495 e. The van der Waals surface area contributed by atoms with E-state index in [0.717, 1.165) is 123 Å². The van der Waals surface area contributed by atoms with Crippen molar-refractivity contribution in [1.29, 1.82) is 0 Å². The van der Waals surface area contributed by atoms with Crippen molar-refractivity contribution in [3.8, 4) is 33.8 Å². The number of hydrogen-bond acceptors (Lipinski definition) is 15. The highest BCUT2D eigenvalue weighted by Gasteiger charge is 2.46. The van der Waals surface area contributed by atoms with Gasteiger partial charge in [-0.3, -0.25) is 34.1 Å². The van der Waals surface area contributed by atoms with Gasteiger partial charge in [0.25, 0.3) is 11.8 Å². The van der Waals surface area contributed by atoms with Crippen molar-refractivity contribution >= 4 is 82.2 Å². The molecular weight excluding hydrogens is 1030 g/mol. The number of rotatable bonds is 14. The molecule has 5 aliphatic rings. The number of fused-ring (bicyclic) bond motifs is 1. The van der Waals surface area contributed by atoms with Gasteiger partial charge >= 0.3 is 0 Å². The number of benzene rings is 4. The molecule has 3 N–H and O–H groups in total. The number of aryl methyl sites for hydroxylation is 1. The monoisotopic (exact) mass is 1090 g/mol. The molecule has 0 aliphatic carbocycles. The first kappa shape index (κ1) is 52.8. The Balaban J connectivity index is 0.721. The third kappa shape index (κ3) is 10.6. The molecule has 4 amide bonds. The van der Waals surface area contributed by atoms with Crippen molar-refractivity contribution in [2.45, 2.75) is 57.4 Å². The number of imide groups is 2. The zero-order valence-electron chi connectivity index (χ0n) is 44.7. The third-order valence-corrected chi connectivity index (χ3v) is 18.4. The maximum atomic E-state index is 13.7. The second kappa shape index (κ2) is 21.5. The van der Waals surface area contributed by atoms with E-state index < -0.39 is 36.8 Å². The fourth-order valence-corrected chi connectivity index (χ4v) is 13.4. The molecule has 0 saturated carbocycles. The van der Waals surface area contributed by atoms with Gasteiger partial charge < -0.3 is 39.4 Å². The Kier molecular flexibility index (Phi) is 14.6. The van der Waals surface area contributed by atoms with Crippen molar-refractivity contribution in [2.24, 2.45) is 18.4 Å². The molecule has 18 nitrogen and oxygen atoms in total. The van der Waals surface area contributed by atoms with Crippen molar-refractivity contribution < 1.29 is 33.2 Å². The maximum absolute atomic E-state index is 13.7. The molecule has 7 heterocycles. The Bertz CT molecular complexity index is 3360. The highest BCUT2D eigenvalue weighted by Crippen LogP contribution is 2.47. The molecule has 1 spiro atoms. The Morgan fingerprint density at radius 2 is 1.42 bits per heavy atom. The van der Waals surface area contributed by atoms with Gasteiger partial charge in [0.2, 0.25) is 17.8 Å². The number of methoxy groups -OCH3 is 2. The maximum Gasteiger partial charge on any atom is 0.262 e. The van der Waals surface area contributed by atoms with Crippen LogP contribution in [0.2, 0.25) is 5.02 Å². The molecule has 2 aromatic heterocycles. The molecule has 406 valence electrons. The number of nitrogens with one attached hydrogen (secondary N) is 3. The molecular formula is C58H65ClN11O7P. The number of aromatic nitrogens is 4. The fraction of sp³-hybridized carbons (Fsp3) is 0.397. The van der Waals surface area contributed by atoms with Crippen LogP contribution in [0.3, 0.4) is 0 Å². The Hall–Kier alpha value is -7.27. The molecule has 4 aromatic carbocycles. The van der Waals surface area contributed by atoms with Crippen LogP contribution in [0.15, 0.2) is 91.4 Å². The van der Waals surface area contributed by atoms with E-state index in [1.807, 2.05) is 68.0 Å². The van der Waals surface area contributed by atoms with Gasteiger partial charge in [0.15, 0.2) is 5.82 Å². The third-order valence-electron chi connectivity index (χ3n) is 16.6. The van der Waals surface area contributed by atoms with E-state index in [-0.39, 0.29) is 29.4 Å². The quantitative estimate of drug-likeness (QED) is 0.0690. The second-order valence-corrected chi connectivity index (χ2v) is 25.4. The smallest absolute Gasteiger partial charge is 0.262 e. The van der Waals surface area contributed by atoms with Crippen LogP contribution in [0.25, 0.3) is 22.3 Å². The van der Waals surface area contributed by atoms with E-state index in [4.69, 9.17) is 26.1 Å². The molecule has 78 heavy (non-hydrogen) atoms. The molecule has 4 fully saturated rings. The number of carbonyl (C=O) groups excluding carboxylic acids is 4. The Morgan fingerprint density at radius 3 is 2.09 bits per heavy atom. The average molecular weight is 1090 g/mol. The summed E-state index contributed by atoms with van der Waals surface area (Å²) < 4.78 is 27.3. The van der Waals surface area contributed by atoms with Gasteiger partial charge in [0, 0.05) is 80.6 Å². The summed E-state index contributed by atoms with van der Waals surface area (Å²) >= 11 is 6.72. The lowest BCUT2D eigenvalue weighted by Gasteiger charge is -2.48. The van der Waals surface area contributed by atoms with Gasteiger partial charge in [-0.25, -0.2) is 4.98 Å². The SMILES string of the molecule is COc1cc(N2CCC(CN3CCC4(CC3)CCN(c3cc5c(cc3OC)C(=O)N(C3CCC(=O)NC3=O)C5=O)CC4)CC2)c(-c2cnn(C)c2)cc1Nc1ncc(Cl)c(Nc2ccc(-c3ccccc3)cc2P(C)(C)=O)n1. The van der Waals surface area contributed by atoms with Gasteiger partial charge in [-0.2, -0.15) is 10.1 Å². The molecule has 20 heteroatoms. The zero-order valence-corrected chi connectivity index (χ0v) is 46.3. The number of halogens is 1. The van der Waals surface area contributed by atoms with Crippen LogP contribution in [0.4, 0.5) is 34.5 Å². The number of likely N-dealkylation sites (tertiary alicyclic amines) is 1. The number of piperidine rings is 4. The summed E-state index contributed by atoms with van der Waals surface area (Å²) in [6, 6.07) is 22.4. The Morgan fingerprint density at radius 1 is 0.731 bits per heavy atom. The number of ether oxygens (including phenoxy) is 2. The van der Waals surface area contributed by atoms with E-state index in [1.54, 1.807) is 50.6 Å². The molecule has 4 saturated heterocycles. The summed E-state index contributed by atoms with van der Waals surface area (Å²) in [4.78, 5) is 69.4. The fourth-order valence-electron chi connectivity index (χ4n) is 12.1. The molecule has 5 aliphatic heterocycles. The van der Waals surface area contributed by atoms with Crippen LogP contribution in [-0.4, -0.2) is 133 Å². The van der Waals surface area contributed by atoms with Gasteiger partial charge in [-0.15, -0.1) is 0 Å². The van der Waals surface area contributed by atoms with Gasteiger partial charge in [0.1, 0.15) is 29.7 Å². The van der Waals surface area contributed by atoms with E-state index in [2.05, 4.69) is 52.9 Å². The van der Waals surface area contributed by atoms with Crippen molar-refractivity contribution in [3.05, 3.63) is 108 Å². The summed E-state index contributed by atoms with van der Waals surface area (Å²) in [6.45, 7) is 10.1. The van der Waals surface area contributed by atoms with Crippen LogP contribution >= 0.6 is 18.7 Å². The molecule has 6 aromatic rings. The van der Waals surface area contributed by atoms with E-state index >= 15 is 0 Å². The molecule has 11 rings (SSSR count). The number of hydrogen-bond donors (Lipinski definition) is 3. The van der Waals surface area contributed by atoms with E-state index in [0.29, 0.717) is 50.9 Å². The van der Waals surface area contributed by atoms with Crippen molar-refractivity contribution in [1.82, 2.24) is 34.9 Å². The second-order valence-electron chi connectivity index (χ2n) is 21.8. The van der Waals surface area contributed by atoms with Crippen molar-refractivity contribution in [2.75, 3.05) is 93.8 Å². The summed E-state index contributed by atoms with van der Waals surface area (Å²) in [5.74, 6) is 0.304. The highest BCUT2D eigenvalue weighted by molar-refractivity contribution is 7.70. The lowest BCUT2D eigenvalue weighted by Crippen LogP contribution is -2.54. The molecule has 0 radical (unpaired) electrons. The average Bonchev–Trinajstić information content (AvgIpc) is 4.22. The first-order chi connectivity index (χ1) is 37.6. The molecule has 1 unspecified atom stereocenters. The summed E-state index contributed by atoms with van der Waals surface area (Å²) in [5, 5.41) is 14.6. The number of carbonyl (C=O) groups is 4. The topological polar surface area (TPSA) is 196 Å². The normalized spacial score (nSPS) is 19.1. The minimum atomic E-state index is -2.74. The summed E-state index contributed by atoms with van der Waals surface area (Å²) in [5.41, 5.74) is 7.86. The molecule has 1 atom stereocenters. The van der Waals surface area contributed by atoms with Crippen LogP contribution in [-0.2, 0) is 21.2 Å². The van der Waals surface area contributed by atoms with Crippen LogP contribution in [0.1, 0.15) is 72.1 Å². The summed E-state index contributed by atoms with van der Waals surface area (Å²) in [6.07, 6.45) is 12.0. The van der Waals surface area contributed by atoms with Gasteiger partial charge in [-0.1, -0.05) is 48.0 Å². The predicted molar refractivity (Wildman–Crippen MR) is 304 cm³/mol. The first-order valence-electron chi connectivity index (χ1n) is 26.8. The Labute approximate surface area is 459 Å². The van der Waals surface area contributed by atoms with Crippen LogP contribution < -0.4 is 40.5 Å². The highest BCUT2D eigenvalue weighted by atomic mass is 35.5. The van der Waals surface area contributed by atoms with Crippen molar-refractivity contribution in [3.63, 3.8) is 0 Å². The lowest BCUT2D eigenvalue weighted by molar-refractivity contribution is -0.136. The molecule has 0 bridgehead atoms. The van der Waals surface area contributed by atoms with Crippen LogP contribution in [0.5, 0.6) is 11.5 Å². The van der Waals surface area contributed by atoms with Crippen LogP contribution in [0, 0.1) is 11.3 Å². The van der Waals surface area contributed by atoms with E-state index in [1.165, 1.54) is 0 Å². The zero-order chi connectivity index (χ0) is 54.5. The standard InChI is InChI=1S/C58H65ClN11O7P/c1-66-35-39(32-61-66)40-28-45(63-57-60-33-43(59)53(65-57)62-44-12-11-38(27-51(44)78(4,5)75)37-9-7-6-8-10-37)49(76-2)31-47(40)68-21-15-36(16-22-68)34-67-23-17-58(18-24-67)19-25-69(26-20-58)48-29-41-42(30-50(48)77-3)56(74)70(55(41)73)46-13-14-52(71)64-54(46)72/h6-12,27-33,35-36,46H,13-26,34H2,1-5H3,(H,64,71,72)(H2,60,62,63,65). The van der Waals surface area contributed by atoms with E-state index in [9.17, 15) is 23.7 Å². The summed E-state index contributed by atoms with van der Waals surface area (Å²) in [7, 11) is 2.40. The number of anilines is 6. The number of amides is 4. The predicted octanol–water partition coefficient (Wildman–Crippen LogP) is 8.95.